The normalized spacial score (nSPS) is 25.4. The third kappa shape index (κ3) is 3.34. The molecule has 1 N–H and O–H groups in total. The van der Waals surface area contributed by atoms with Crippen LogP contribution in [0.3, 0.4) is 0 Å². The molecule has 32 heavy (non-hydrogen) atoms. The minimum absolute atomic E-state index is 0.239. The van der Waals surface area contributed by atoms with Crippen LogP contribution in [0.15, 0.2) is 24.3 Å². The summed E-state index contributed by atoms with van der Waals surface area (Å²) in [5.41, 5.74) is 1.68. The van der Waals surface area contributed by atoms with E-state index in [1.54, 1.807) is 12.1 Å². The molecule has 1 aromatic carbocycles. The van der Waals surface area contributed by atoms with Crippen molar-refractivity contribution in [2.75, 3.05) is 61.1 Å². The van der Waals surface area contributed by atoms with Gasteiger partial charge < -0.3 is 24.4 Å². The van der Waals surface area contributed by atoms with Gasteiger partial charge in [0.2, 0.25) is 11.9 Å². The lowest BCUT2D eigenvalue weighted by atomic mass is 9.78. The number of fused-ring (bicyclic) bond motifs is 2. The first-order valence-corrected chi connectivity index (χ1v) is 11.0. The summed E-state index contributed by atoms with van der Waals surface area (Å²) >= 11 is 0. The Hall–Kier alpha value is -2.98. The van der Waals surface area contributed by atoms with Crippen molar-refractivity contribution in [3.05, 3.63) is 24.3 Å². The SMILES string of the molecule is CN(C(=O)O)c1ccc(-c2nc(N3CC4CCC(C3)O4)nc(N3CC4(COC4)C3)n2)cc1. The van der Waals surface area contributed by atoms with Crippen molar-refractivity contribution in [2.45, 2.75) is 25.0 Å². The van der Waals surface area contributed by atoms with Crippen molar-refractivity contribution in [1.29, 1.82) is 0 Å². The van der Waals surface area contributed by atoms with Crippen molar-refractivity contribution in [2.24, 2.45) is 5.41 Å². The Bertz CT molecular complexity index is 1020. The second-order valence-corrected chi connectivity index (χ2v) is 9.36. The third-order valence-corrected chi connectivity index (χ3v) is 6.89. The fourth-order valence-electron chi connectivity index (χ4n) is 4.97. The number of hydrogen-bond donors (Lipinski definition) is 1. The molecule has 2 atom stereocenters. The minimum Gasteiger partial charge on any atom is -0.465 e. The van der Waals surface area contributed by atoms with Crippen LogP contribution in [0.5, 0.6) is 0 Å². The van der Waals surface area contributed by atoms with E-state index in [0.717, 1.165) is 57.8 Å². The summed E-state index contributed by atoms with van der Waals surface area (Å²) in [6.45, 7) is 4.98. The molecule has 0 aliphatic carbocycles. The number of anilines is 3. The van der Waals surface area contributed by atoms with Crippen molar-refractivity contribution < 1.29 is 19.4 Å². The van der Waals surface area contributed by atoms with E-state index < -0.39 is 6.09 Å². The van der Waals surface area contributed by atoms with E-state index in [2.05, 4.69) is 9.80 Å². The molecule has 6 rings (SSSR count). The average molecular weight is 438 g/mol. The molecule has 10 nitrogen and oxygen atoms in total. The van der Waals surface area contributed by atoms with Gasteiger partial charge in [-0.2, -0.15) is 15.0 Å². The van der Waals surface area contributed by atoms with Crippen LogP contribution in [0.25, 0.3) is 11.4 Å². The molecule has 4 fully saturated rings. The molecule has 4 saturated heterocycles. The maximum absolute atomic E-state index is 11.2. The third-order valence-electron chi connectivity index (χ3n) is 6.89. The number of rotatable bonds is 4. The van der Waals surface area contributed by atoms with Gasteiger partial charge in [-0.25, -0.2) is 4.79 Å². The maximum Gasteiger partial charge on any atom is 0.411 e. The predicted octanol–water partition coefficient (Wildman–Crippen LogP) is 1.86. The molecule has 4 aliphatic rings. The lowest BCUT2D eigenvalue weighted by Gasteiger charge is -2.54. The number of carbonyl (C=O) groups is 1. The monoisotopic (exact) mass is 438 g/mol. The largest absolute Gasteiger partial charge is 0.465 e. The van der Waals surface area contributed by atoms with E-state index in [1.165, 1.54) is 11.9 Å². The maximum atomic E-state index is 11.2. The summed E-state index contributed by atoms with van der Waals surface area (Å²) in [6.07, 6.45) is 1.64. The Morgan fingerprint density at radius 3 is 2.22 bits per heavy atom. The van der Waals surface area contributed by atoms with E-state index in [9.17, 15) is 9.90 Å². The van der Waals surface area contributed by atoms with Gasteiger partial charge in [-0.15, -0.1) is 0 Å². The number of amides is 1. The molecule has 2 bridgehead atoms. The van der Waals surface area contributed by atoms with Crippen molar-refractivity contribution >= 4 is 23.7 Å². The number of carboxylic acid groups (broad SMARTS) is 1. The van der Waals surface area contributed by atoms with E-state index in [-0.39, 0.29) is 17.6 Å². The predicted molar refractivity (Wildman–Crippen MR) is 117 cm³/mol. The van der Waals surface area contributed by atoms with Crippen LogP contribution in [-0.2, 0) is 9.47 Å². The molecule has 4 aliphatic heterocycles. The van der Waals surface area contributed by atoms with Gasteiger partial charge in [0.1, 0.15) is 0 Å². The molecule has 5 heterocycles. The number of hydrogen-bond acceptors (Lipinski definition) is 8. The van der Waals surface area contributed by atoms with Crippen LogP contribution in [0.2, 0.25) is 0 Å². The van der Waals surface area contributed by atoms with E-state index >= 15 is 0 Å². The van der Waals surface area contributed by atoms with Crippen molar-refractivity contribution in [3.63, 3.8) is 0 Å². The summed E-state index contributed by atoms with van der Waals surface area (Å²) in [6, 6.07) is 7.26. The Morgan fingerprint density at radius 2 is 1.66 bits per heavy atom. The number of ether oxygens (including phenoxy) is 2. The summed E-state index contributed by atoms with van der Waals surface area (Å²) in [4.78, 5) is 31.3. The fraction of sp³-hybridized carbons (Fsp3) is 0.545. The zero-order valence-corrected chi connectivity index (χ0v) is 18.0. The van der Waals surface area contributed by atoms with Crippen LogP contribution in [-0.4, -0.2) is 84.8 Å². The second-order valence-electron chi connectivity index (χ2n) is 9.36. The number of aromatic nitrogens is 3. The molecule has 0 saturated carbocycles. The summed E-state index contributed by atoms with van der Waals surface area (Å²) in [7, 11) is 1.52. The molecule has 1 spiro atoms. The van der Waals surface area contributed by atoms with Gasteiger partial charge in [0.25, 0.3) is 0 Å². The zero-order chi connectivity index (χ0) is 21.9. The van der Waals surface area contributed by atoms with E-state index in [1.807, 2.05) is 12.1 Å². The van der Waals surface area contributed by atoms with Crippen LogP contribution >= 0.6 is 0 Å². The molecular weight excluding hydrogens is 412 g/mol. The second kappa shape index (κ2) is 7.28. The highest BCUT2D eigenvalue weighted by Gasteiger charge is 2.50. The Labute approximate surface area is 185 Å². The quantitative estimate of drug-likeness (QED) is 0.766. The topological polar surface area (TPSA) is 104 Å². The zero-order valence-electron chi connectivity index (χ0n) is 18.0. The number of morpholine rings is 1. The molecule has 2 unspecified atom stereocenters. The highest BCUT2D eigenvalue weighted by molar-refractivity contribution is 5.85. The first-order chi connectivity index (χ1) is 15.5. The molecule has 0 radical (unpaired) electrons. The summed E-state index contributed by atoms with van der Waals surface area (Å²) < 4.78 is 11.4. The highest BCUT2D eigenvalue weighted by atomic mass is 16.5. The van der Waals surface area contributed by atoms with Crippen LogP contribution < -0.4 is 14.7 Å². The van der Waals surface area contributed by atoms with Gasteiger partial charge in [-0.05, 0) is 37.1 Å². The Morgan fingerprint density at radius 1 is 1.03 bits per heavy atom. The standard InChI is InChI=1S/C22H26N6O4/c1-26(21(29)30)15-4-2-14(3-5-15)18-23-19(27-8-16-6-7-17(9-27)32-16)25-20(24-18)28-10-22(11-28)12-31-13-22/h2-5,16-17H,6-13H2,1H3,(H,29,30). The minimum atomic E-state index is -1.00. The average Bonchev–Trinajstić information content (AvgIpc) is 3.08. The smallest absolute Gasteiger partial charge is 0.411 e. The first kappa shape index (κ1) is 19.7. The molecule has 168 valence electrons. The van der Waals surface area contributed by atoms with Crippen molar-refractivity contribution in [1.82, 2.24) is 15.0 Å². The molecule has 2 aromatic rings. The van der Waals surface area contributed by atoms with Crippen LogP contribution in [0, 0.1) is 5.41 Å². The number of benzene rings is 1. The summed E-state index contributed by atoms with van der Waals surface area (Å²) in [5, 5.41) is 9.21. The molecule has 10 heteroatoms. The van der Waals surface area contributed by atoms with Crippen molar-refractivity contribution in [3.8, 4) is 11.4 Å². The van der Waals surface area contributed by atoms with Crippen LogP contribution in [0.4, 0.5) is 22.4 Å². The fourth-order valence-corrected chi connectivity index (χ4v) is 4.97. The van der Waals surface area contributed by atoms with Gasteiger partial charge in [0.05, 0.1) is 30.8 Å². The van der Waals surface area contributed by atoms with E-state index in [4.69, 9.17) is 24.4 Å². The lowest BCUT2D eigenvalue weighted by Crippen LogP contribution is -2.66. The van der Waals surface area contributed by atoms with E-state index in [0.29, 0.717) is 23.4 Å². The van der Waals surface area contributed by atoms with Gasteiger partial charge in [-0.3, -0.25) is 4.90 Å². The highest BCUT2D eigenvalue weighted by Crippen LogP contribution is 2.40. The Balaban J connectivity index is 1.32. The molecular formula is C22H26N6O4. The van der Waals surface area contributed by atoms with Gasteiger partial charge in [-0.1, -0.05) is 0 Å². The number of nitrogens with zero attached hydrogens (tertiary/aromatic N) is 6. The lowest BCUT2D eigenvalue weighted by molar-refractivity contribution is -0.127. The Kier molecular flexibility index (Phi) is 4.48. The molecule has 1 amide bonds. The van der Waals surface area contributed by atoms with Crippen LogP contribution in [0.1, 0.15) is 12.8 Å². The van der Waals surface area contributed by atoms with Gasteiger partial charge >= 0.3 is 6.09 Å². The van der Waals surface area contributed by atoms with Gasteiger partial charge in [0, 0.05) is 44.5 Å². The first-order valence-electron chi connectivity index (χ1n) is 11.0. The van der Waals surface area contributed by atoms with Gasteiger partial charge in [0.15, 0.2) is 5.82 Å². The summed E-state index contributed by atoms with van der Waals surface area (Å²) in [5.74, 6) is 1.97. The molecule has 1 aromatic heterocycles.